The molecule has 0 aliphatic heterocycles. The summed E-state index contributed by atoms with van der Waals surface area (Å²) in [5.74, 6) is 0.159. The van der Waals surface area contributed by atoms with Crippen molar-refractivity contribution >= 4 is 5.78 Å². The normalized spacial score (nSPS) is 10.5. The molecule has 0 spiro atoms. The lowest BCUT2D eigenvalue weighted by Gasteiger charge is -2.01. The average molecular weight is 229 g/mol. The molecular formula is C13H15N3O. The third-order valence-corrected chi connectivity index (χ3v) is 2.58. The Bertz CT molecular complexity index is 517. The van der Waals surface area contributed by atoms with Crippen molar-refractivity contribution in [2.75, 3.05) is 0 Å². The third-order valence-electron chi connectivity index (χ3n) is 2.58. The monoisotopic (exact) mass is 229 g/mol. The smallest absolute Gasteiger partial charge is 0.144 e. The minimum Gasteiger partial charge on any atom is -0.299 e. The third kappa shape index (κ3) is 3.00. The number of rotatable bonds is 4. The first kappa shape index (κ1) is 11.5. The molecule has 0 radical (unpaired) electrons. The Morgan fingerprint density at radius 2 is 2.18 bits per heavy atom. The molecule has 0 amide bonds. The predicted octanol–water partition coefficient (Wildman–Crippen LogP) is 1.48. The summed E-state index contributed by atoms with van der Waals surface area (Å²) in [6.45, 7) is 1.92. The Balaban J connectivity index is 2.01. The molecule has 2 rings (SSSR count). The second-order valence-corrected chi connectivity index (χ2v) is 4.11. The highest BCUT2D eigenvalue weighted by Gasteiger charge is 2.09. The van der Waals surface area contributed by atoms with Crippen molar-refractivity contribution in [2.45, 2.75) is 19.8 Å². The van der Waals surface area contributed by atoms with Crippen LogP contribution in [0.2, 0.25) is 0 Å². The Labute approximate surface area is 100 Å². The molecule has 0 atom stereocenters. The molecule has 88 valence electrons. The molecule has 2 heterocycles. The Morgan fingerprint density at radius 3 is 2.76 bits per heavy atom. The van der Waals surface area contributed by atoms with Crippen LogP contribution in [0, 0.1) is 6.92 Å². The zero-order valence-corrected chi connectivity index (χ0v) is 10.1. The van der Waals surface area contributed by atoms with Crippen LogP contribution in [0.25, 0.3) is 0 Å². The molecule has 17 heavy (non-hydrogen) atoms. The predicted molar refractivity (Wildman–Crippen MR) is 64.6 cm³/mol. The van der Waals surface area contributed by atoms with Crippen molar-refractivity contribution in [3.05, 3.63) is 47.5 Å². The Morgan fingerprint density at radius 1 is 1.35 bits per heavy atom. The average Bonchev–Trinajstić information content (AvgIpc) is 2.58. The van der Waals surface area contributed by atoms with E-state index < -0.39 is 0 Å². The van der Waals surface area contributed by atoms with Gasteiger partial charge in [-0.1, -0.05) is 6.07 Å². The fraction of sp³-hybridized carbons (Fsp3) is 0.308. The molecule has 4 heteroatoms. The molecule has 2 aromatic rings. The zero-order chi connectivity index (χ0) is 12.3. The van der Waals surface area contributed by atoms with Crippen molar-refractivity contribution in [3.63, 3.8) is 0 Å². The van der Waals surface area contributed by atoms with Crippen molar-refractivity contribution in [3.8, 4) is 0 Å². The van der Waals surface area contributed by atoms with Gasteiger partial charge < -0.3 is 0 Å². The highest BCUT2D eigenvalue weighted by Crippen LogP contribution is 2.05. The number of carbonyl (C=O) groups excluding carboxylic acids is 1. The molecule has 0 fully saturated rings. The number of nitrogens with zero attached hydrogens (tertiary/aromatic N) is 3. The molecule has 0 saturated carbocycles. The van der Waals surface area contributed by atoms with E-state index >= 15 is 0 Å². The topological polar surface area (TPSA) is 47.8 Å². The quantitative estimate of drug-likeness (QED) is 0.797. The van der Waals surface area contributed by atoms with Gasteiger partial charge in [0.15, 0.2) is 0 Å². The molecule has 0 aliphatic carbocycles. The van der Waals surface area contributed by atoms with Crippen LogP contribution in [0.15, 0.2) is 30.5 Å². The van der Waals surface area contributed by atoms with E-state index in [2.05, 4.69) is 10.1 Å². The summed E-state index contributed by atoms with van der Waals surface area (Å²) in [4.78, 5) is 16.0. The summed E-state index contributed by atoms with van der Waals surface area (Å²) in [5, 5.41) is 4.22. The number of hydrogen-bond acceptors (Lipinski definition) is 3. The first-order valence-corrected chi connectivity index (χ1v) is 5.56. The zero-order valence-electron chi connectivity index (χ0n) is 10.1. The maximum atomic E-state index is 11.9. The van der Waals surface area contributed by atoms with Crippen LogP contribution in [0.5, 0.6) is 0 Å². The Hall–Kier alpha value is -1.97. The molecule has 0 unspecified atom stereocenters. The molecule has 4 nitrogen and oxygen atoms in total. The highest BCUT2D eigenvalue weighted by molar-refractivity contribution is 5.82. The maximum absolute atomic E-state index is 11.9. The number of pyridine rings is 1. The van der Waals surface area contributed by atoms with Gasteiger partial charge in [0.1, 0.15) is 5.78 Å². The summed E-state index contributed by atoms with van der Waals surface area (Å²) in [6.07, 6.45) is 2.50. The lowest BCUT2D eigenvalue weighted by atomic mass is 10.1. The van der Waals surface area contributed by atoms with Crippen molar-refractivity contribution in [1.29, 1.82) is 0 Å². The van der Waals surface area contributed by atoms with E-state index in [4.69, 9.17) is 0 Å². The van der Waals surface area contributed by atoms with Gasteiger partial charge in [0.2, 0.25) is 0 Å². The summed E-state index contributed by atoms with van der Waals surface area (Å²) in [7, 11) is 1.86. The summed E-state index contributed by atoms with van der Waals surface area (Å²) >= 11 is 0. The van der Waals surface area contributed by atoms with E-state index in [0.717, 1.165) is 17.1 Å². The minimum atomic E-state index is 0.159. The minimum absolute atomic E-state index is 0.159. The fourth-order valence-corrected chi connectivity index (χ4v) is 1.80. The van der Waals surface area contributed by atoms with Crippen LogP contribution in [0.4, 0.5) is 0 Å². The second kappa shape index (κ2) is 4.91. The van der Waals surface area contributed by atoms with Gasteiger partial charge in [-0.15, -0.1) is 0 Å². The number of aryl methyl sites for hydroxylation is 2. The van der Waals surface area contributed by atoms with Crippen molar-refractivity contribution in [2.24, 2.45) is 7.05 Å². The molecule has 0 N–H and O–H groups in total. The van der Waals surface area contributed by atoms with Crippen LogP contribution in [-0.4, -0.2) is 20.5 Å². The van der Waals surface area contributed by atoms with Crippen LogP contribution in [0.3, 0.4) is 0 Å². The van der Waals surface area contributed by atoms with Gasteiger partial charge in [0.25, 0.3) is 0 Å². The number of Topliss-reactive ketones (excluding diaryl/α,β-unsaturated/α-hetero) is 1. The number of carbonyl (C=O) groups is 1. The molecule has 0 saturated heterocycles. The van der Waals surface area contributed by atoms with Gasteiger partial charge >= 0.3 is 0 Å². The van der Waals surface area contributed by atoms with E-state index in [9.17, 15) is 4.79 Å². The van der Waals surface area contributed by atoms with Gasteiger partial charge in [-0.05, 0) is 25.1 Å². The first-order valence-electron chi connectivity index (χ1n) is 5.56. The van der Waals surface area contributed by atoms with Gasteiger partial charge in [0, 0.05) is 37.5 Å². The van der Waals surface area contributed by atoms with E-state index in [-0.39, 0.29) is 5.78 Å². The van der Waals surface area contributed by atoms with Crippen LogP contribution < -0.4 is 0 Å². The first-order chi connectivity index (χ1) is 8.15. The van der Waals surface area contributed by atoms with E-state index in [0.29, 0.717) is 12.8 Å². The molecule has 0 aromatic carbocycles. The van der Waals surface area contributed by atoms with E-state index in [1.54, 1.807) is 10.9 Å². The van der Waals surface area contributed by atoms with Crippen LogP contribution in [0.1, 0.15) is 17.1 Å². The fourth-order valence-electron chi connectivity index (χ4n) is 1.80. The summed E-state index contributed by atoms with van der Waals surface area (Å²) < 4.78 is 1.76. The number of hydrogen-bond donors (Lipinski definition) is 0. The van der Waals surface area contributed by atoms with Crippen molar-refractivity contribution < 1.29 is 4.79 Å². The summed E-state index contributed by atoms with van der Waals surface area (Å²) in [6, 6.07) is 7.55. The Kier molecular flexibility index (Phi) is 3.32. The van der Waals surface area contributed by atoms with Gasteiger partial charge in [-0.3, -0.25) is 14.5 Å². The largest absolute Gasteiger partial charge is 0.299 e. The van der Waals surface area contributed by atoms with Gasteiger partial charge in [-0.25, -0.2) is 0 Å². The number of aromatic nitrogens is 3. The standard InChI is InChI=1S/C13H15N3O/c1-10-7-12(16(2)15-10)9-13(17)8-11-5-3-4-6-14-11/h3-7H,8-9H2,1-2H3. The van der Waals surface area contributed by atoms with E-state index in [1.807, 2.05) is 38.2 Å². The molecule has 0 bridgehead atoms. The SMILES string of the molecule is Cc1cc(CC(=O)Cc2ccccn2)n(C)n1. The van der Waals surface area contributed by atoms with Crippen LogP contribution in [-0.2, 0) is 24.7 Å². The molecular weight excluding hydrogens is 214 g/mol. The number of ketones is 1. The lowest BCUT2D eigenvalue weighted by molar-refractivity contribution is -0.117. The van der Waals surface area contributed by atoms with Crippen LogP contribution >= 0.6 is 0 Å². The highest BCUT2D eigenvalue weighted by atomic mass is 16.1. The van der Waals surface area contributed by atoms with Gasteiger partial charge in [0.05, 0.1) is 5.69 Å². The van der Waals surface area contributed by atoms with Gasteiger partial charge in [-0.2, -0.15) is 5.10 Å². The summed E-state index contributed by atoms with van der Waals surface area (Å²) in [5.41, 5.74) is 2.70. The maximum Gasteiger partial charge on any atom is 0.144 e. The molecule has 2 aromatic heterocycles. The second-order valence-electron chi connectivity index (χ2n) is 4.11. The molecule has 0 aliphatic rings. The van der Waals surface area contributed by atoms with Crippen molar-refractivity contribution in [1.82, 2.24) is 14.8 Å². The lowest BCUT2D eigenvalue weighted by Crippen LogP contribution is -2.10. The van der Waals surface area contributed by atoms with E-state index in [1.165, 1.54) is 0 Å².